The number of carbonyl (C=O) groups is 1. The molecule has 1 aromatic carbocycles. The monoisotopic (exact) mass is 376 g/mol. The van der Waals surface area contributed by atoms with Gasteiger partial charge in [0.2, 0.25) is 5.91 Å². The van der Waals surface area contributed by atoms with E-state index in [4.69, 9.17) is 0 Å². The smallest absolute Gasteiger partial charge is 0.354 e. The number of guanidine groups is 1. The molecule has 0 aliphatic rings. The van der Waals surface area contributed by atoms with Gasteiger partial charge in [-0.25, -0.2) is 9.38 Å². The van der Waals surface area contributed by atoms with Gasteiger partial charge in [0.25, 0.3) is 0 Å². The van der Waals surface area contributed by atoms with Crippen LogP contribution in [-0.2, 0) is 17.5 Å². The minimum Gasteiger partial charge on any atom is -0.354 e. The van der Waals surface area contributed by atoms with Gasteiger partial charge in [-0.2, -0.15) is 13.2 Å². The van der Waals surface area contributed by atoms with Crippen LogP contribution in [0.4, 0.5) is 17.6 Å². The first kappa shape index (κ1) is 21.7. The predicted molar refractivity (Wildman–Crippen MR) is 92.1 cm³/mol. The molecule has 0 aromatic heterocycles. The van der Waals surface area contributed by atoms with E-state index in [0.717, 1.165) is 18.6 Å². The number of halogens is 4. The van der Waals surface area contributed by atoms with Crippen molar-refractivity contribution >= 4 is 11.9 Å². The maximum Gasteiger partial charge on any atom is 0.416 e. The molecule has 5 nitrogen and oxygen atoms in total. The first-order valence-corrected chi connectivity index (χ1v) is 8.15. The van der Waals surface area contributed by atoms with Gasteiger partial charge in [0, 0.05) is 20.1 Å². The van der Waals surface area contributed by atoms with Crippen LogP contribution in [0.5, 0.6) is 0 Å². The molecule has 146 valence electrons. The van der Waals surface area contributed by atoms with Crippen molar-refractivity contribution in [3.05, 3.63) is 35.1 Å². The maximum atomic E-state index is 13.2. The lowest BCUT2D eigenvalue weighted by Crippen LogP contribution is -2.45. The summed E-state index contributed by atoms with van der Waals surface area (Å²) in [7, 11) is 3.19. The molecular weight excluding hydrogens is 352 g/mol. The number of rotatable bonds is 6. The Morgan fingerprint density at radius 3 is 2.50 bits per heavy atom. The highest BCUT2D eigenvalue weighted by molar-refractivity contribution is 5.86. The van der Waals surface area contributed by atoms with Crippen LogP contribution < -0.4 is 10.6 Å². The van der Waals surface area contributed by atoms with Gasteiger partial charge in [-0.1, -0.05) is 13.0 Å². The van der Waals surface area contributed by atoms with Crippen molar-refractivity contribution in [3.8, 4) is 0 Å². The quantitative estimate of drug-likeness (QED) is 0.456. The number of benzene rings is 1. The molecule has 0 aliphatic carbocycles. The van der Waals surface area contributed by atoms with Crippen LogP contribution in [0.1, 0.15) is 31.4 Å². The molecule has 1 amide bonds. The van der Waals surface area contributed by atoms with E-state index in [0.29, 0.717) is 6.07 Å². The average Bonchev–Trinajstić information content (AvgIpc) is 2.56. The lowest BCUT2D eigenvalue weighted by atomic mass is 10.1. The summed E-state index contributed by atoms with van der Waals surface area (Å²) in [5, 5.41) is 5.81. The second-order valence-corrected chi connectivity index (χ2v) is 6.06. The Kier molecular flexibility index (Phi) is 7.85. The van der Waals surface area contributed by atoms with Crippen LogP contribution in [0.15, 0.2) is 23.2 Å². The van der Waals surface area contributed by atoms with Crippen LogP contribution >= 0.6 is 0 Å². The highest BCUT2D eigenvalue weighted by Crippen LogP contribution is 2.32. The molecule has 0 fully saturated rings. The minimum absolute atomic E-state index is 0.00557. The largest absolute Gasteiger partial charge is 0.416 e. The molecule has 0 saturated heterocycles. The van der Waals surface area contributed by atoms with E-state index in [9.17, 15) is 22.4 Å². The van der Waals surface area contributed by atoms with Crippen LogP contribution in [0, 0.1) is 5.82 Å². The summed E-state index contributed by atoms with van der Waals surface area (Å²) >= 11 is 0. The summed E-state index contributed by atoms with van der Waals surface area (Å²) in [6.07, 6.45) is -3.92. The number of nitrogens with zero attached hydrogens (tertiary/aromatic N) is 2. The SMILES string of the molecule is CCC(C)NC(=NCc1ccc(F)cc1C(F)(F)F)NCC(=O)N(C)C. The highest BCUT2D eigenvalue weighted by Gasteiger charge is 2.33. The predicted octanol–water partition coefficient (Wildman–Crippen LogP) is 2.77. The van der Waals surface area contributed by atoms with Gasteiger partial charge < -0.3 is 15.5 Å². The highest BCUT2D eigenvalue weighted by atomic mass is 19.4. The zero-order chi connectivity index (χ0) is 19.9. The number of nitrogens with one attached hydrogen (secondary N) is 2. The molecule has 0 bridgehead atoms. The summed E-state index contributed by atoms with van der Waals surface area (Å²) in [6, 6.07) is 2.49. The van der Waals surface area contributed by atoms with Crippen molar-refractivity contribution in [1.82, 2.24) is 15.5 Å². The van der Waals surface area contributed by atoms with Crippen molar-refractivity contribution in [3.63, 3.8) is 0 Å². The van der Waals surface area contributed by atoms with Gasteiger partial charge in [-0.05, 0) is 31.0 Å². The summed E-state index contributed by atoms with van der Waals surface area (Å²) in [5.41, 5.74) is -1.21. The van der Waals surface area contributed by atoms with Gasteiger partial charge in [0.1, 0.15) is 5.82 Å². The fourth-order valence-corrected chi connectivity index (χ4v) is 1.92. The minimum atomic E-state index is -4.68. The molecule has 0 spiro atoms. The van der Waals surface area contributed by atoms with Gasteiger partial charge in [-0.15, -0.1) is 0 Å². The lowest BCUT2D eigenvalue weighted by Gasteiger charge is -2.18. The summed E-state index contributed by atoms with van der Waals surface area (Å²) < 4.78 is 52.4. The van der Waals surface area contributed by atoms with E-state index in [1.54, 1.807) is 14.1 Å². The van der Waals surface area contributed by atoms with Gasteiger partial charge in [0.05, 0.1) is 18.7 Å². The number of carbonyl (C=O) groups excluding carboxylic acids is 1. The third-order valence-corrected chi connectivity index (χ3v) is 3.69. The Morgan fingerprint density at radius 2 is 1.96 bits per heavy atom. The number of aliphatic imine (C=N–C) groups is 1. The second-order valence-electron chi connectivity index (χ2n) is 6.06. The fraction of sp³-hybridized carbons (Fsp3) is 0.529. The second kappa shape index (κ2) is 9.40. The van der Waals surface area contributed by atoms with Gasteiger partial charge >= 0.3 is 6.18 Å². The van der Waals surface area contributed by atoms with Crippen molar-refractivity contribution in [2.75, 3.05) is 20.6 Å². The number of hydrogen-bond donors (Lipinski definition) is 2. The molecule has 1 atom stereocenters. The van der Waals surface area contributed by atoms with Crippen LogP contribution in [0.2, 0.25) is 0 Å². The molecule has 0 heterocycles. The van der Waals surface area contributed by atoms with E-state index < -0.39 is 17.6 Å². The zero-order valence-electron chi connectivity index (χ0n) is 15.2. The number of amides is 1. The molecule has 1 aromatic rings. The Balaban J connectivity index is 3.00. The third kappa shape index (κ3) is 6.89. The number of alkyl halides is 3. The Bertz CT molecular complexity index is 644. The Morgan fingerprint density at radius 1 is 1.31 bits per heavy atom. The summed E-state index contributed by atoms with van der Waals surface area (Å²) in [4.78, 5) is 17.2. The average molecular weight is 376 g/mol. The van der Waals surface area contributed by atoms with Gasteiger partial charge in [0.15, 0.2) is 5.96 Å². The van der Waals surface area contributed by atoms with E-state index >= 15 is 0 Å². The van der Waals surface area contributed by atoms with E-state index in [1.165, 1.54) is 4.90 Å². The Hall–Kier alpha value is -2.32. The molecule has 0 radical (unpaired) electrons. The topological polar surface area (TPSA) is 56.7 Å². The normalized spacial score (nSPS) is 13.3. The molecular formula is C17H24F4N4O. The van der Waals surface area contributed by atoms with Crippen molar-refractivity contribution in [1.29, 1.82) is 0 Å². The molecule has 0 saturated carbocycles. The fourth-order valence-electron chi connectivity index (χ4n) is 1.92. The molecule has 1 unspecified atom stereocenters. The van der Waals surface area contributed by atoms with Crippen molar-refractivity contribution in [2.24, 2.45) is 4.99 Å². The molecule has 2 N–H and O–H groups in total. The molecule has 0 aliphatic heterocycles. The van der Waals surface area contributed by atoms with Crippen LogP contribution in [0.25, 0.3) is 0 Å². The van der Waals surface area contributed by atoms with E-state index in [2.05, 4.69) is 15.6 Å². The summed E-state index contributed by atoms with van der Waals surface area (Å²) in [6.45, 7) is 3.45. The first-order valence-electron chi connectivity index (χ1n) is 8.15. The summed E-state index contributed by atoms with van der Waals surface area (Å²) in [5.74, 6) is -0.953. The third-order valence-electron chi connectivity index (χ3n) is 3.69. The Labute approximate surface area is 150 Å². The zero-order valence-corrected chi connectivity index (χ0v) is 15.2. The number of likely N-dealkylation sites (N-methyl/N-ethyl adjacent to an activating group) is 1. The van der Waals surface area contributed by atoms with E-state index in [-0.39, 0.29) is 36.6 Å². The first-order chi connectivity index (χ1) is 12.0. The van der Waals surface area contributed by atoms with Gasteiger partial charge in [-0.3, -0.25) is 4.79 Å². The van der Waals surface area contributed by atoms with Crippen molar-refractivity contribution < 1.29 is 22.4 Å². The van der Waals surface area contributed by atoms with Crippen LogP contribution in [0.3, 0.4) is 0 Å². The molecule has 1 rings (SSSR count). The molecule has 9 heteroatoms. The lowest BCUT2D eigenvalue weighted by molar-refractivity contribution is -0.138. The molecule has 26 heavy (non-hydrogen) atoms. The number of hydrogen-bond acceptors (Lipinski definition) is 2. The maximum absolute atomic E-state index is 13.2. The van der Waals surface area contributed by atoms with Crippen LogP contribution in [-0.4, -0.2) is 43.4 Å². The van der Waals surface area contributed by atoms with E-state index in [1.807, 2.05) is 13.8 Å². The standard InChI is InChI=1S/C17H24F4N4O/c1-5-11(2)24-16(23-10-15(26)25(3)4)22-9-12-6-7-13(18)8-14(12)17(19,20)21/h6-8,11H,5,9-10H2,1-4H3,(H2,22,23,24). The van der Waals surface area contributed by atoms with Crippen molar-refractivity contribution in [2.45, 2.75) is 39.0 Å².